The Bertz CT molecular complexity index is 294. The summed E-state index contributed by atoms with van der Waals surface area (Å²) in [4.78, 5) is 0. The molecule has 0 unspecified atom stereocenters. The minimum atomic E-state index is -0.0152. The highest BCUT2D eigenvalue weighted by Gasteiger charge is 2.00. The molecule has 0 heterocycles. The van der Waals surface area contributed by atoms with Gasteiger partial charge in [0.1, 0.15) is 0 Å². The van der Waals surface area contributed by atoms with Crippen molar-refractivity contribution in [2.24, 2.45) is 11.5 Å². The molecule has 0 saturated carbocycles. The standard InChI is InChI=1S/C9H16N5O/c10-6-12-13-9-4-2-1-3-8(9)5-14(15)7-11/h1-4,12-13H,5-7,10-11H2/q-1. The molecule has 84 valence electrons. The molecule has 0 bridgehead atoms. The second-order valence-electron chi connectivity index (χ2n) is 2.99. The van der Waals surface area contributed by atoms with Crippen molar-refractivity contribution in [3.05, 3.63) is 35.0 Å². The predicted octanol–water partition coefficient (Wildman–Crippen LogP) is -0.265. The van der Waals surface area contributed by atoms with Gasteiger partial charge in [0.05, 0.1) is 12.4 Å². The Labute approximate surface area is 88.8 Å². The third-order valence-corrected chi connectivity index (χ3v) is 1.89. The fraction of sp³-hybridized carbons (Fsp3) is 0.333. The SMILES string of the molecule is NCNNc1ccccc1CN([O-])CN. The Morgan fingerprint density at radius 1 is 1.27 bits per heavy atom. The van der Waals surface area contributed by atoms with E-state index < -0.39 is 0 Å². The maximum absolute atomic E-state index is 11.1. The molecule has 0 atom stereocenters. The van der Waals surface area contributed by atoms with Gasteiger partial charge in [-0.1, -0.05) is 18.2 Å². The van der Waals surface area contributed by atoms with E-state index in [-0.39, 0.29) is 13.2 Å². The number of hydrazine groups is 1. The molecule has 0 aliphatic rings. The maximum Gasteiger partial charge on any atom is 0.0613 e. The zero-order valence-electron chi connectivity index (χ0n) is 8.44. The summed E-state index contributed by atoms with van der Waals surface area (Å²) >= 11 is 0. The average molecular weight is 210 g/mol. The van der Waals surface area contributed by atoms with E-state index in [1.807, 2.05) is 24.3 Å². The van der Waals surface area contributed by atoms with Gasteiger partial charge in [-0.2, -0.15) is 0 Å². The van der Waals surface area contributed by atoms with Crippen molar-refractivity contribution in [2.75, 3.05) is 18.8 Å². The lowest BCUT2D eigenvalue weighted by atomic mass is 10.2. The van der Waals surface area contributed by atoms with Crippen molar-refractivity contribution in [1.29, 1.82) is 0 Å². The predicted molar refractivity (Wildman–Crippen MR) is 60.2 cm³/mol. The molecule has 1 aromatic rings. The van der Waals surface area contributed by atoms with E-state index in [1.54, 1.807) is 0 Å². The molecule has 0 spiro atoms. The van der Waals surface area contributed by atoms with Crippen LogP contribution < -0.4 is 22.3 Å². The molecule has 6 heteroatoms. The van der Waals surface area contributed by atoms with Crippen LogP contribution in [0.4, 0.5) is 5.69 Å². The largest absolute Gasteiger partial charge is 0.784 e. The first kappa shape index (κ1) is 11.9. The number of nitrogens with two attached hydrogens (primary N) is 2. The van der Waals surface area contributed by atoms with Crippen LogP contribution in [0.25, 0.3) is 0 Å². The molecule has 0 aliphatic carbocycles. The summed E-state index contributed by atoms with van der Waals surface area (Å²) in [6.07, 6.45) is 0. The van der Waals surface area contributed by atoms with Gasteiger partial charge in [-0.3, -0.25) is 0 Å². The van der Waals surface area contributed by atoms with Gasteiger partial charge in [-0.05, 0) is 11.6 Å². The topological polar surface area (TPSA) is 102 Å². The smallest absolute Gasteiger partial charge is 0.0613 e. The van der Waals surface area contributed by atoms with Gasteiger partial charge in [0.15, 0.2) is 0 Å². The van der Waals surface area contributed by atoms with Crippen LogP contribution in [0.5, 0.6) is 0 Å². The van der Waals surface area contributed by atoms with Gasteiger partial charge in [0, 0.05) is 13.2 Å². The highest BCUT2D eigenvalue weighted by Crippen LogP contribution is 2.15. The van der Waals surface area contributed by atoms with Crippen LogP contribution in [0.1, 0.15) is 5.56 Å². The highest BCUT2D eigenvalue weighted by molar-refractivity contribution is 5.50. The summed E-state index contributed by atoms with van der Waals surface area (Å²) < 4.78 is 0. The Hall–Kier alpha value is -1.18. The van der Waals surface area contributed by atoms with Gasteiger partial charge in [0.2, 0.25) is 0 Å². The van der Waals surface area contributed by atoms with Crippen molar-refractivity contribution >= 4 is 5.69 Å². The maximum atomic E-state index is 11.1. The number of hydroxylamine groups is 2. The third kappa shape index (κ3) is 3.82. The summed E-state index contributed by atoms with van der Waals surface area (Å²) in [5.74, 6) is 0. The number of hydrogen-bond acceptors (Lipinski definition) is 6. The van der Waals surface area contributed by atoms with Gasteiger partial charge in [-0.15, -0.1) is 0 Å². The molecule has 0 aliphatic heterocycles. The van der Waals surface area contributed by atoms with Crippen LogP contribution in [0.3, 0.4) is 0 Å². The highest BCUT2D eigenvalue weighted by atomic mass is 16.5. The lowest BCUT2D eigenvalue weighted by Crippen LogP contribution is -2.29. The summed E-state index contributed by atoms with van der Waals surface area (Å²) in [5.41, 5.74) is 17.9. The van der Waals surface area contributed by atoms with E-state index in [0.29, 0.717) is 6.67 Å². The molecule has 0 saturated heterocycles. The van der Waals surface area contributed by atoms with Crippen LogP contribution in [0, 0.1) is 5.21 Å². The van der Waals surface area contributed by atoms with Gasteiger partial charge < -0.3 is 27.2 Å². The first-order valence-electron chi connectivity index (χ1n) is 4.67. The molecule has 15 heavy (non-hydrogen) atoms. The molecular formula is C9H16N5O-. The lowest BCUT2D eigenvalue weighted by molar-refractivity contribution is 0.383. The van der Waals surface area contributed by atoms with Crippen molar-refractivity contribution in [1.82, 2.24) is 10.5 Å². The molecule has 0 aromatic heterocycles. The second kappa shape index (κ2) is 6.33. The minimum Gasteiger partial charge on any atom is -0.784 e. The van der Waals surface area contributed by atoms with Crippen molar-refractivity contribution < 1.29 is 0 Å². The molecule has 0 fully saturated rings. The van der Waals surface area contributed by atoms with E-state index in [2.05, 4.69) is 10.9 Å². The van der Waals surface area contributed by atoms with Crippen LogP contribution in [-0.4, -0.2) is 18.4 Å². The molecule has 6 nitrogen and oxygen atoms in total. The fourth-order valence-electron chi connectivity index (χ4n) is 1.18. The quantitative estimate of drug-likeness (QED) is 0.381. The zero-order chi connectivity index (χ0) is 11.1. The monoisotopic (exact) mass is 210 g/mol. The van der Waals surface area contributed by atoms with E-state index in [9.17, 15) is 5.21 Å². The van der Waals surface area contributed by atoms with Crippen molar-refractivity contribution in [3.8, 4) is 0 Å². The van der Waals surface area contributed by atoms with Gasteiger partial charge in [0.25, 0.3) is 0 Å². The number of para-hydroxylation sites is 1. The number of anilines is 1. The first-order valence-corrected chi connectivity index (χ1v) is 4.67. The molecule has 1 rings (SSSR count). The average Bonchev–Trinajstić information content (AvgIpc) is 2.28. The summed E-state index contributed by atoms with van der Waals surface area (Å²) in [6.45, 7) is 0.552. The van der Waals surface area contributed by atoms with Crippen LogP contribution in [-0.2, 0) is 6.54 Å². The summed E-state index contributed by atoms with van der Waals surface area (Å²) in [6, 6.07) is 7.47. The number of rotatable bonds is 6. The van der Waals surface area contributed by atoms with E-state index in [1.165, 1.54) is 0 Å². The number of hydrogen-bond donors (Lipinski definition) is 4. The Kier molecular flexibility index (Phi) is 5.02. The zero-order valence-corrected chi connectivity index (χ0v) is 8.44. The number of benzene rings is 1. The van der Waals surface area contributed by atoms with Crippen LogP contribution >= 0.6 is 0 Å². The summed E-state index contributed by atoms with van der Waals surface area (Å²) in [7, 11) is 0. The van der Waals surface area contributed by atoms with E-state index >= 15 is 0 Å². The van der Waals surface area contributed by atoms with Crippen LogP contribution in [0.2, 0.25) is 0 Å². The van der Waals surface area contributed by atoms with Crippen molar-refractivity contribution in [2.45, 2.75) is 6.54 Å². The second-order valence-corrected chi connectivity index (χ2v) is 2.99. The normalized spacial score (nSPS) is 10.7. The Morgan fingerprint density at radius 2 is 2.00 bits per heavy atom. The Balaban J connectivity index is 2.67. The minimum absolute atomic E-state index is 0.0152. The van der Waals surface area contributed by atoms with Crippen molar-refractivity contribution in [3.63, 3.8) is 0 Å². The van der Waals surface area contributed by atoms with Gasteiger partial charge in [-0.25, -0.2) is 5.43 Å². The molecule has 0 radical (unpaired) electrons. The van der Waals surface area contributed by atoms with Gasteiger partial charge >= 0.3 is 0 Å². The van der Waals surface area contributed by atoms with E-state index in [0.717, 1.165) is 16.3 Å². The lowest BCUT2D eigenvalue weighted by Gasteiger charge is -2.27. The summed E-state index contributed by atoms with van der Waals surface area (Å²) in [5, 5.41) is 11.9. The van der Waals surface area contributed by atoms with Crippen LogP contribution in [0.15, 0.2) is 24.3 Å². The molecule has 0 amide bonds. The molecule has 6 N–H and O–H groups in total. The first-order chi connectivity index (χ1) is 7.27. The number of nitrogens with one attached hydrogen (secondary N) is 2. The fourth-order valence-corrected chi connectivity index (χ4v) is 1.18. The molecular weight excluding hydrogens is 194 g/mol. The van der Waals surface area contributed by atoms with E-state index in [4.69, 9.17) is 11.5 Å². The number of nitrogens with zero attached hydrogens (tertiary/aromatic N) is 1. The Morgan fingerprint density at radius 3 is 2.67 bits per heavy atom. The molecule has 1 aromatic carbocycles. The third-order valence-electron chi connectivity index (χ3n) is 1.89.